The zero-order valence-corrected chi connectivity index (χ0v) is 18.7. The summed E-state index contributed by atoms with van der Waals surface area (Å²) in [4.78, 5) is 11.9. The fourth-order valence-corrected chi connectivity index (χ4v) is 3.70. The number of nitrogens with one attached hydrogen (secondary N) is 1. The number of carbonyl (C=O) groups is 1. The van der Waals surface area contributed by atoms with Crippen LogP contribution in [0.5, 0.6) is 0 Å². The smallest absolute Gasteiger partial charge is 0.224 e. The highest BCUT2D eigenvalue weighted by atomic mass is 16.1. The van der Waals surface area contributed by atoms with E-state index < -0.39 is 0 Å². The van der Waals surface area contributed by atoms with Gasteiger partial charge in [0.05, 0.1) is 0 Å². The van der Waals surface area contributed by atoms with Gasteiger partial charge in [-0.25, -0.2) is 0 Å². The van der Waals surface area contributed by atoms with Crippen molar-refractivity contribution in [2.24, 2.45) is 5.92 Å². The third-order valence-corrected chi connectivity index (χ3v) is 5.49. The zero-order chi connectivity index (χ0) is 20.3. The molecule has 0 saturated heterocycles. The number of rotatable bonds is 18. The Hall–Kier alpha value is -1.31. The first-order valence-electron chi connectivity index (χ1n) is 12.0. The number of unbranched alkanes of at least 4 members (excludes halogenated alkanes) is 13. The van der Waals surface area contributed by atoms with Gasteiger partial charge in [0, 0.05) is 12.1 Å². The molecule has 1 N–H and O–H groups in total. The monoisotopic (exact) mass is 387 g/mol. The minimum Gasteiger partial charge on any atom is -0.326 e. The molecule has 1 rings (SSSR count). The maximum absolute atomic E-state index is 11.9. The van der Waals surface area contributed by atoms with Crippen molar-refractivity contribution in [3.63, 3.8) is 0 Å². The van der Waals surface area contributed by atoms with E-state index in [1.54, 1.807) is 0 Å². The molecular formula is C26H45NO. The molecular weight excluding hydrogens is 342 g/mol. The quantitative estimate of drug-likeness (QED) is 0.251. The standard InChI is InChI=1S/C26H45NO/c1-24(2)20-16-13-11-9-7-5-3-4-6-8-10-12-14-19-23-26(28)27-25-21-17-15-18-22-25/h15,17-18,21-22,24H,3-14,16,19-20,23H2,1-2H3,(H,27,28). The van der Waals surface area contributed by atoms with Crippen molar-refractivity contribution in [3.8, 4) is 0 Å². The number of benzene rings is 1. The summed E-state index contributed by atoms with van der Waals surface area (Å²) < 4.78 is 0. The van der Waals surface area contributed by atoms with Gasteiger partial charge in [0.1, 0.15) is 0 Å². The Kier molecular flexibility index (Phi) is 15.7. The van der Waals surface area contributed by atoms with Crippen LogP contribution in [-0.4, -0.2) is 5.91 Å². The molecule has 28 heavy (non-hydrogen) atoms. The molecule has 0 aliphatic carbocycles. The molecule has 0 radical (unpaired) electrons. The summed E-state index contributed by atoms with van der Waals surface area (Å²) in [6, 6.07) is 9.73. The first-order valence-corrected chi connectivity index (χ1v) is 12.0. The van der Waals surface area contributed by atoms with Gasteiger partial charge in [-0.3, -0.25) is 4.79 Å². The minimum atomic E-state index is 0.145. The van der Waals surface area contributed by atoms with E-state index in [1.165, 1.54) is 89.9 Å². The van der Waals surface area contributed by atoms with Crippen molar-refractivity contribution in [2.75, 3.05) is 5.32 Å². The normalized spacial score (nSPS) is 11.1. The largest absolute Gasteiger partial charge is 0.326 e. The van der Waals surface area contributed by atoms with Gasteiger partial charge in [0.2, 0.25) is 5.91 Å². The lowest BCUT2D eigenvalue weighted by atomic mass is 10.0. The van der Waals surface area contributed by atoms with Crippen molar-refractivity contribution >= 4 is 11.6 Å². The van der Waals surface area contributed by atoms with Gasteiger partial charge in [-0.1, -0.05) is 122 Å². The Labute approximate surface area is 174 Å². The summed E-state index contributed by atoms with van der Waals surface area (Å²) in [6.45, 7) is 4.65. The summed E-state index contributed by atoms with van der Waals surface area (Å²) >= 11 is 0. The van der Waals surface area contributed by atoms with E-state index in [4.69, 9.17) is 0 Å². The summed E-state index contributed by atoms with van der Waals surface area (Å²) in [7, 11) is 0. The molecule has 0 fully saturated rings. The van der Waals surface area contributed by atoms with Crippen molar-refractivity contribution in [2.45, 2.75) is 117 Å². The topological polar surface area (TPSA) is 29.1 Å². The summed E-state index contributed by atoms with van der Waals surface area (Å²) in [6.07, 6.45) is 21.0. The maximum Gasteiger partial charge on any atom is 0.224 e. The molecule has 2 heteroatoms. The van der Waals surface area contributed by atoms with Crippen LogP contribution in [0, 0.1) is 5.92 Å². The highest BCUT2D eigenvalue weighted by Crippen LogP contribution is 2.15. The van der Waals surface area contributed by atoms with Crippen molar-refractivity contribution in [3.05, 3.63) is 30.3 Å². The Morgan fingerprint density at radius 1 is 0.679 bits per heavy atom. The van der Waals surface area contributed by atoms with Crippen molar-refractivity contribution in [1.29, 1.82) is 0 Å². The molecule has 1 aromatic carbocycles. The average Bonchev–Trinajstić information content (AvgIpc) is 2.68. The van der Waals surface area contributed by atoms with E-state index in [9.17, 15) is 4.79 Å². The highest BCUT2D eigenvalue weighted by Gasteiger charge is 2.01. The van der Waals surface area contributed by atoms with Crippen LogP contribution in [0.4, 0.5) is 5.69 Å². The molecule has 0 spiro atoms. The molecule has 0 saturated carbocycles. The van der Waals surface area contributed by atoms with Crippen molar-refractivity contribution < 1.29 is 4.79 Å². The maximum atomic E-state index is 11.9. The molecule has 2 nitrogen and oxygen atoms in total. The number of anilines is 1. The molecule has 0 heterocycles. The second kappa shape index (κ2) is 17.8. The Morgan fingerprint density at radius 2 is 1.11 bits per heavy atom. The molecule has 0 bridgehead atoms. The second-order valence-corrected chi connectivity index (χ2v) is 8.80. The molecule has 0 unspecified atom stereocenters. The third-order valence-electron chi connectivity index (χ3n) is 5.49. The predicted octanol–water partition coefficient (Wildman–Crippen LogP) is 8.52. The molecule has 0 aromatic heterocycles. The van der Waals surface area contributed by atoms with Crippen LogP contribution >= 0.6 is 0 Å². The second-order valence-electron chi connectivity index (χ2n) is 8.80. The van der Waals surface area contributed by atoms with Crippen LogP contribution in [0.1, 0.15) is 117 Å². The van der Waals surface area contributed by atoms with E-state index >= 15 is 0 Å². The van der Waals surface area contributed by atoms with Gasteiger partial charge in [-0.2, -0.15) is 0 Å². The lowest BCUT2D eigenvalue weighted by Crippen LogP contribution is -2.10. The Morgan fingerprint density at radius 3 is 1.57 bits per heavy atom. The molecule has 0 aliphatic heterocycles. The molecule has 1 aromatic rings. The van der Waals surface area contributed by atoms with E-state index in [0.717, 1.165) is 18.0 Å². The lowest BCUT2D eigenvalue weighted by molar-refractivity contribution is -0.116. The predicted molar refractivity (Wildman–Crippen MR) is 124 cm³/mol. The summed E-state index contributed by atoms with van der Waals surface area (Å²) in [5.74, 6) is 1.02. The first-order chi connectivity index (χ1) is 13.7. The van der Waals surface area contributed by atoms with E-state index in [-0.39, 0.29) is 5.91 Å². The SMILES string of the molecule is CC(C)CCCCCCCCCCCCCCCCC(=O)Nc1ccccc1. The number of hydrogen-bond donors (Lipinski definition) is 1. The Bertz CT molecular complexity index is 469. The summed E-state index contributed by atoms with van der Waals surface area (Å²) in [5.41, 5.74) is 0.902. The fourth-order valence-electron chi connectivity index (χ4n) is 3.70. The molecule has 1 amide bonds. The van der Waals surface area contributed by atoms with Crippen LogP contribution in [0.3, 0.4) is 0 Å². The van der Waals surface area contributed by atoms with E-state index in [2.05, 4.69) is 19.2 Å². The highest BCUT2D eigenvalue weighted by molar-refractivity contribution is 5.90. The van der Waals surface area contributed by atoms with Crippen LogP contribution in [0.2, 0.25) is 0 Å². The van der Waals surface area contributed by atoms with Gasteiger partial charge in [-0.05, 0) is 24.5 Å². The zero-order valence-electron chi connectivity index (χ0n) is 18.7. The third kappa shape index (κ3) is 15.7. The van der Waals surface area contributed by atoms with Gasteiger partial charge < -0.3 is 5.32 Å². The fraction of sp³-hybridized carbons (Fsp3) is 0.731. The Balaban J connectivity index is 1.76. The van der Waals surface area contributed by atoms with E-state index in [0.29, 0.717) is 6.42 Å². The van der Waals surface area contributed by atoms with Crippen molar-refractivity contribution in [1.82, 2.24) is 0 Å². The molecule has 0 atom stereocenters. The number of amides is 1. The number of hydrogen-bond acceptors (Lipinski definition) is 1. The number of carbonyl (C=O) groups excluding carboxylic acids is 1. The number of para-hydroxylation sites is 1. The van der Waals surface area contributed by atoms with Gasteiger partial charge in [-0.15, -0.1) is 0 Å². The van der Waals surface area contributed by atoms with Crippen LogP contribution in [-0.2, 0) is 4.79 Å². The molecule has 160 valence electrons. The van der Waals surface area contributed by atoms with Gasteiger partial charge >= 0.3 is 0 Å². The van der Waals surface area contributed by atoms with Crippen LogP contribution in [0.15, 0.2) is 30.3 Å². The average molecular weight is 388 g/mol. The van der Waals surface area contributed by atoms with Gasteiger partial charge in [0.25, 0.3) is 0 Å². The minimum absolute atomic E-state index is 0.145. The first kappa shape index (κ1) is 24.7. The summed E-state index contributed by atoms with van der Waals surface area (Å²) in [5, 5.41) is 2.96. The van der Waals surface area contributed by atoms with Gasteiger partial charge in [0.15, 0.2) is 0 Å². The van der Waals surface area contributed by atoms with Crippen LogP contribution < -0.4 is 5.32 Å². The molecule has 0 aliphatic rings. The van der Waals surface area contributed by atoms with E-state index in [1.807, 2.05) is 30.3 Å². The lowest BCUT2D eigenvalue weighted by Gasteiger charge is -2.05. The van der Waals surface area contributed by atoms with Crippen LogP contribution in [0.25, 0.3) is 0 Å².